The van der Waals surface area contributed by atoms with Crippen LogP contribution >= 0.6 is 11.3 Å². The molecule has 0 saturated carbocycles. The second kappa shape index (κ2) is 7.46. The van der Waals surface area contributed by atoms with Gasteiger partial charge in [0, 0.05) is 35.9 Å². The summed E-state index contributed by atoms with van der Waals surface area (Å²) in [6, 6.07) is 10.7. The lowest BCUT2D eigenvalue weighted by molar-refractivity contribution is -0.115. The van der Waals surface area contributed by atoms with Crippen molar-refractivity contribution in [1.29, 1.82) is 0 Å². The van der Waals surface area contributed by atoms with E-state index in [1.807, 2.05) is 6.07 Å². The maximum atomic E-state index is 13.5. The van der Waals surface area contributed by atoms with Crippen LogP contribution in [0, 0.1) is 5.82 Å². The van der Waals surface area contributed by atoms with Crippen LogP contribution in [0.5, 0.6) is 0 Å². The minimum atomic E-state index is -0.319. The number of ether oxygens (including phenoxy) is 1. The number of aromatic nitrogens is 2. The number of carbonyl (C=O) groups is 1. The van der Waals surface area contributed by atoms with Crippen molar-refractivity contribution < 1.29 is 13.9 Å². The number of fused-ring (bicyclic) bond motifs is 2. The van der Waals surface area contributed by atoms with Crippen LogP contribution in [0.2, 0.25) is 0 Å². The predicted octanol–water partition coefficient (Wildman–Crippen LogP) is 3.93. The molecule has 2 aromatic carbocycles. The summed E-state index contributed by atoms with van der Waals surface area (Å²) < 4.78 is 20.0. The van der Waals surface area contributed by atoms with Gasteiger partial charge in [0.1, 0.15) is 5.82 Å². The van der Waals surface area contributed by atoms with Crippen LogP contribution in [0.3, 0.4) is 0 Å². The quantitative estimate of drug-likeness (QED) is 0.535. The third kappa shape index (κ3) is 3.68. The van der Waals surface area contributed by atoms with E-state index in [0.717, 1.165) is 58.7 Å². The molecule has 2 N–H and O–H groups in total. The second-order valence-electron chi connectivity index (χ2n) is 7.00. The Morgan fingerprint density at radius 2 is 2.10 bits per heavy atom. The molecule has 0 aliphatic carbocycles. The van der Waals surface area contributed by atoms with Gasteiger partial charge >= 0.3 is 0 Å². The molecule has 0 unspecified atom stereocenters. The van der Waals surface area contributed by atoms with E-state index in [0.29, 0.717) is 5.13 Å². The molecule has 8 heteroatoms. The molecule has 29 heavy (non-hydrogen) atoms. The molecule has 0 atom stereocenters. The lowest BCUT2D eigenvalue weighted by atomic mass is 10.1. The van der Waals surface area contributed by atoms with Crippen molar-refractivity contribution in [3.8, 4) is 0 Å². The molecule has 0 spiro atoms. The molecule has 1 aliphatic rings. The summed E-state index contributed by atoms with van der Waals surface area (Å²) in [4.78, 5) is 22.4. The first-order chi connectivity index (χ1) is 14.2. The first-order valence-corrected chi connectivity index (χ1v) is 10.3. The Balaban J connectivity index is 1.32. The van der Waals surface area contributed by atoms with Crippen molar-refractivity contribution in [2.75, 3.05) is 36.5 Å². The van der Waals surface area contributed by atoms with Crippen molar-refractivity contribution in [2.45, 2.75) is 6.42 Å². The first kappa shape index (κ1) is 18.1. The molecule has 5 rings (SSSR count). The van der Waals surface area contributed by atoms with Gasteiger partial charge in [0.05, 0.1) is 29.9 Å². The zero-order valence-electron chi connectivity index (χ0n) is 15.6. The number of morpholine rings is 1. The largest absolute Gasteiger partial charge is 0.378 e. The van der Waals surface area contributed by atoms with Crippen LogP contribution < -0.4 is 10.2 Å². The normalized spacial score (nSPS) is 14.6. The Morgan fingerprint density at radius 3 is 2.97 bits per heavy atom. The number of carbonyl (C=O) groups excluding carboxylic acids is 1. The number of hydrogen-bond acceptors (Lipinski definition) is 5. The highest BCUT2D eigenvalue weighted by atomic mass is 32.1. The second-order valence-corrected chi connectivity index (χ2v) is 8.03. The van der Waals surface area contributed by atoms with Crippen molar-refractivity contribution in [1.82, 2.24) is 9.97 Å². The van der Waals surface area contributed by atoms with Gasteiger partial charge in [-0.15, -0.1) is 0 Å². The van der Waals surface area contributed by atoms with E-state index in [2.05, 4.69) is 32.3 Å². The van der Waals surface area contributed by atoms with E-state index in [1.54, 1.807) is 12.3 Å². The highest BCUT2D eigenvalue weighted by molar-refractivity contribution is 7.22. The van der Waals surface area contributed by atoms with Gasteiger partial charge in [0.25, 0.3) is 0 Å². The molecule has 4 aromatic rings. The lowest BCUT2D eigenvalue weighted by Gasteiger charge is -2.28. The van der Waals surface area contributed by atoms with Crippen LogP contribution in [0.15, 0.2) is 42.6 Å². The molecule has 3 heterocycles. The smallest absolute Gasteiger partial charge is 0.230 e. The van der Waals surface area contributed by atoms with Crippen molar-refractivity contribution in [2.24, 2.45) is 0 Å². The fourth-order valence-corrected chi connectivity index (χ4v) is 4.53. The number of aromatic amines is 1. The summed E-state index contributed by atoms with van der Waals surface area (Å²) in [6.07, 6.45) is 1.90. The standard InChI is InChI=1S/C21H19FN4O2S/c22-14-1-3-17-16(10-14)13(12-23-17)9-20(27)25-21-24-18-4-2-15(11-19(18)29-21)26-5-7-28-8-6-26/h1-4,10-12,23H,5-9H2,(H,24,25,27). The molecule has 2 aromatic heterocycles. The maximum absolute atomic E-state index is 13.5. The Kier molecular flexibility index (Phi) is 4.65. The summed E-state index contributed by atoms with van der Waals surface area (Å²) in [5, 5.41) is 4.16. The van der Waals surface area contributed by atoms with Gasteiger partial charge in [-0.25, -0.2) is 9.37 Å². The highest BCUT2D eigenvalue weighted by Crippen LogP contribution is 2.30. The summed E-state index contributed by atoms with van der Waals surface area (Å²) in [7, 11) is 0. The fourth-order valence-electron chi connectivity index (χ4n) is 3.62. The van der Waals surface area contributed by atoms with Crippen LogP contribution in [0.4, 0.5) is 15.2 Å². The number of anilines is 2. The number of thiazole rings is 1. The van der Waals surface area contributed by atoms with Gasteiger partial charge in [-0.3, -0.25) is 4.79 Å². The number of benzene rings is 2. The molecule has 0 bridgehead atoms. The minimum absolute atomic E-state index is 0.151. The topological polar surface area (TPSA) is 70.2 Å². The molecular formula is C21H19FN4O2S. The third-order valence-corrected chi connectivity index (χ3v) is 6.01. The Morgan fingerprint density at radius 1 is 1.24 bits per heavy atom. The van der Waals surface area contributed by atoms with Gasteiger partial charge in [-0.2, -0.15) is 0 Å². The molecule has 148 valence electrons. The Bertz CT molecular complexity index is 1200. The minimum Gasteiger partial charge on any atom is -0.378 e. The molecule has 1 aliphatic heterocycles. The number of nitrogens with one attached hydrogen (secondary N) is 2. The number of H-pyrrole nitrogens is 1. The molecular weight excluding hydrogens is 391 g/mol. The number of rotatable bonds is 4. The average molecular weight is 410 g/mol. The van der Waals surface area contributed by atoms with E-state index in [4.69, 9.17) is 4.74 Å². The molecule has 1 saturated heterocycles. The van der Waals surface area contributed by atoms with Gasteiger partial charge in [0.2, 0.25) is 5.91 Å². The van der Waals surface area contributed by atoms with Gasteiger partial charge in [0.15, 0.2) is 5.13 Å². The third-order valence-electron chi connectivity index (χ3n) is 5.08. The zero-order chi connectivity index (χ0) is 19.8. The van der Waals surface area contributed by atoms with Crippen molar-refractivity contribution >= 4 is 49.2 Å². The Hall–Kier alpha value is -2.97. The van der Waals surface area contributed by atoms with Crippen LogP contribution in [0.1, 0.15) is 5.56 Å². The monoisotopic (exact) mass is 410 g/mol. The van der Waals surface area contributed by atoms with E-state index < -0.39 is 0 Å². The van der Waals surface area contributed by atoms with Crippen LogP contribution in [-0.4, -0.2) is 42.2 Å². The first-order valence-electron chi connectivity index (χ1n) is 9.44. The average Bonchev–Trinajstić information content (AvgIpc) is 3.31. The Labute approximate surface area is 170 Å². The highest BCUT2D eigenvalue weighted by Gasteiger charge is 2.15. The summed E-state index contributed by atoms with van der Waals surface area (Å²) in [5.74, 6) is -0.497. The van der Waals surface area contributed by atoms with Crippen molar-refractivity contribution in [3.63, 3.8) is 0 Å². The van der Waals surface area contributed by atoms with Gasteiger partial charge in [-0.1, -0.05) is 11.3 Å². The number of halogens is 1. The van der Waals surface area contributed by atoms with Gasteiger partial charge in [-0.05, 0) is 42.0 Å². The predicted molar refractivity (Wildman–Crippen MR) is 113 cm³/mol. The summed E-state index contributed by atoms with van der Waals surface area (Å²) in [6.45, 7) is 3.22. The maximum Gasteiger partial charge on any atom is 0.230 e. The molecule has 6 nitrogen and oxygen atoms in total. The van der Waals surface area contributed by atoms with E-state index in [-0.39, 0.29) is 18.1 Å². The lowest BCUT2D eigenvalue weighted by Crippen LogP contribution is -2.36. The number of nitrogens with zero attached hydrogens (tertiary/aromatic N) is 2. The van der Waals surface area contributed by atoms with Gasteiger partial charge < -0.3 is 19.9 Å². The molecule has 1 fully saturated rings. The van der Waals surface area contributed by atoms with E-state index >= 15 is 0 Å². The number of amides is 1. The summed E-state index contributed by atoms with van der Waals surface area (Å²) >= 11 is 1.45. The van der Waals surface area contributed by atoms with E-state index in [9.17, 15) is 9.18 Å². The van der Waals surface area contributed by atoms with E-state index in [1.165, 1.54) is 23.5 Å². The molecule has 0 radical (unpaired) electrons. The molecule has 1 amide bonds. The number of hydrogen-bond donors (Lipinski definition) is 2. The van der Waals surface area contributed by atoms with Crippen molar-refractivity contribution in [3.05, 3.63) is 54.0 Å². The zero-order valence-corrected chi connectivity index (χ0v) is 16.4. The van der Waals surface area contributed by atoms with Crippen LogP contribution in [-0.2, 0) is 16.0 Å². The SMILES string of the molecule is O=C(Cc1c[nH]c2ccc(F)cc12)Nc1nc2ccc(N3CCOCC3)cc2s1. The fraction of sp³-hybridized carbons (Fsp3) is 0.238. The summed E-state index contributed by atoms with van der Waals surface area (Å²) in [5.41, 5.74) is 3.57. The van der Waals surface area contributed by atoms with Crippen LogP contribution in [0.25, 0.3) is 21.1 Å².